The molecule has 2 aromatic rings. The lowest BCUT2D eigenvalue weighted by Crippen LogP contribution is -2.43. The van der Waals surface area contributed by atoms with E-state index in [0.29, 0.717) is 12.2 Å². The van der Waals surface area contributed by atoms with E-state index in [-0.39, 0.29) is 16.6 Å². The number of hydrogen-bond donors (Lipinski definition) is 2. The third-order valence-corrected chi connectivity index (χ3v) is 8.66. The summed E-state index contributed by atoms with van der Waals surface area (Å²) < 4.78 is 50.5. The van der Waals surface area contributed by atoms with Crippen LogP contribution in [0.2, 0.25) is 0 Å². The highest BCUT2D eigenvalue weighted by Crippen LogP contribution is 2.27. The van der Waals surface area contributed by atoms with E-state index in [4.69, 9.17) is 0 Å². The van der Waals surface area contributed by atoms with Crippen molar-refractivity contribution in [1.82, 2.24) is 10.3 Å². The SMILES string of the molecule is CC(=O)Nc1ccc(S(=O)(=O)[C@@H]2CS(=O)(=O)C[C@H]2NCc2cccnc2)cc1. The highest BCUT2D eigenvalue weighted by atomic mass is 32.2. The molecule has 0 spiro atoms. The Balaban J connectivity index is 1.82. The van der Waals surface area contributed by atoms with Gasteiger partial charge in [0, 0.05) is 37.6 Å². The lowest BCUT2D eigenvalue weighted by molar-refractivity contribution is -0.114. The van der Waals surface area contributed by atoms with Crippen molar-refractivity contribution in [3.63, 3.8) is 0 Å². The molecule has 0 bridgehead atoms. The van der Waals surface area contributed by atoms with Gasteiger partial charge in [0.15, 0.2) is 19.7 Å². The number of amides is 1. The monoisotopic (exact) mass is 423 g/mol. The second-order valence-electron chi connectivity index (χ2n) is 6.71. The van der Waals surface area contributed by atoms with Crippen LogP contribution in [0, 0.1) is 0 Å². The zero-order valence-corrected chi connectivity index (χ0v) is 16.8. The van der Waals surface area contributed by atoms with Crippen molar-refractivity contribution in [3.8, 4) is 0 Å². The van der Waals surface area contributed by atoms with Crippen LogP contribution in [0.3, 0.4) is 0 Å². The molecule has 10 heteroatoms. The Morgan fingerprint density at radius 2 is 1.89 bits per heavy atom. The molecular formula is C18H21N3O5S2. The third kappa shape index (κ3) is 4.75. The summed E-state index contributed by atoms with van der Waals surface area (Å²) in [6, 6.07) is 8.59. The van der Waals surface area contributed by atoms with Crippen molar-refractivity contribution in [1.29, 1.82) is 0 Å². The first-order valence-electron chi connectivity index (χ1n) is 8.62. The number of nitrogens with zero attached hydrogens (tertiary/aromatic N) is 1. The molecule has 2 N–H and O–H groups in total. The molecule has 1 aliphatic rings. The Kier molecular flexibility index (Phi) is 5.82. The van der Waals surface area contributed by atoms with Gasteiger partial charge in [0.2, 0.25) is 5.91 Å². The predicted molar refractivity (Wildman–Crippen MR) is 105 cm³/mol. The van der Waals surface area contributed by atoms with Crippen molar-refractivity contribution in [2.75, 3.05) is 16.8 Å². The van der Waals surface area contributed by atoms with Crippen LogP contribution in [-0.2, 0) is 31.0 Å². The molecule has 8 nitrogen and oxygen atoms in total. The molecule has 2 heterocycles. The van der Waals surface area contributed by atoms with Crippen molar-refractivity contribution in [2.45, 2.75) is 29.7 Å². The number of rotatable bonds is 6. The summed E-state index contributed by atoms with van der Waals surface area (Å²) >= 11 is 0. The van der Waals surface area contributed by atoms with Gasteiger partial charge >= 0.3 is 0 Å². The van der Waals surface area contributed by atoms with Crippen molar-refractivity contribution in [2.24, 2.45) is 0 Å². The Morgan fingerprint density at radius 3 is 2.50 bits per heavy atom. The Bertz CT molecular complexity index is 1050. The summed E-state index contributed by atoms with van der Waals surface area (Å²) in [4.78, 5) is 15.1. The Morgan fingerprint density at radius 1 is 1.18 bits per heavy atom. The molecule has 1 aliphatic heterocycles. The fraction of sp³-hybridized carbons (Fsp3) is 0.333. The van der Waals surface area contributed by atoms with Crippen LogP contribution in [0.15, 0.2) is 53.7 Å². The van der Waals surface area contributed by atoms with E-state index in [2.05, 4.69) is 15.6 Å². The highest BCUT2D eigenvalue weighted by molar-refractivity contribution is 7.96. The zero-order valence-electron chi connectivity index (χ0n) is 15.2. The summed E-state index contributed by atoms with van der Waals surface area (Å²) in [5, 5.41) is 4.54. The van der Waals surface area contributed by atoms with Crippen LogP contribution < -0.4 is 10.6 Å². The smallest absolute Gasteiger partial charge is 0.221 e. The molecule has 1 amide bonds. The second-order valence-corrected chi connectivity index (χ2v) is 11.0. The number of sulfone groups is 2. The molecule has 28 heavy (non-hydrogen) atoms. The molecule has 2 atom stereocenters. The van der Waals surface area contributed by atoms with E-state index in [1.54, 1.807) is 18.5 Å². The molecule has 0 aliphatic carbocycles. The van der Waals surface area contributed by atoms with Gasteiger partial charge in [0.05, 0.1) is 21.7 Å². The first-order valence-corrected chi connectivity index (χ1v) is 12.0. The zero-order chi connectivity index (χ0) is 20.4. The van der Waals surface area contributed by atoms with Gasteiger partial charge in [0.1, 0.15) is 0 Å². The maximum absolute atomic E-state index is 13.1. The first kappa shape index (κ1) is 20.4. The number of pyridine rings is 1. The number of benzene rings is 1. The normalized spacial score (nSPS) is 21.3. The molecule has 150 valence electrons. The molecule has 1 saturated heterocycles. The van der Waals surface area contributed by atoms with Crippen molar-refractivity contribution >= 4 is 31.3 Å². The number of hydrogen-bond acceptors (Lipinski definition) is 7. The number of carbonyl (C=O) groups is 1. The van der Waals surface area contributed by atoms with E-state index < -0.39 is 36.7 Å². The minimum Gasteiger partial charge on any atom is -0.326 e. The second kappa shape index (κ2) is 7.98. The molecule has 0 saturated carbocycles. The number of nitrogens with one attached hydrogen (secondary N) is 2. The minimum absolute atomic E-state index is 0.0249. The van der Waals surface area contributed by atoms with Gasteiger partial charge in [-0.05, 0) is 35.9 Å². The number of carbonyl (C=O) groups excluding carboxylic acids is 1. The number of anilines is 1. The summed E-state index contributed by atoms with van der Waals surface area (Å²) in [6.07, 6.45) is 3.27. The fourth-order valence-electron chi connectivity index (χ4n) is 3.17. The highest BCUT2D eigenvalue weighted by Gasteiger charge is 2.45. The van der Waals surface area contributed by atoms with Crippen LogP contribution in [0.5, 0.6) is 0 Å². The fourth-order valence-corrected chi connectivity index (χ4v) is 7.89. The molecule has 0 radical (unpaired) electrons. The van der Waals surface area contributed by atoms with Gasteiger partial charge in [-0.3, -0.25) is 9.78 Å². The minimum atomic E-state index is -3.88. The maximum atomic E-state index is 13.1. The average molecular weight is 424 g/mol. The predicted octanol–water partition coefficient (Wildman–Crippen LogP) is 0.769. The third-order valence-electron chi connectivity index (χ3n) is 4.49. The molecule has 3 rings (SSSR count). The molecule has 1 aromatic heterocycles. The number of aromatic nitrogens is 1. The summed E-state index contributed by atoms with van der Waals surface area (Å²) in [6.45, 7) is 1.67. The van der Waals surface area contributed by atoms with Crippen LogP contribution in [0.25, 0.3) is 0 Å². The van der Waals surface area contributed by atoms with E-state index in [1.165, 1.54) is 31.2 Å². The topological polar surface area (TPSA) is 122 Å². The van der Waals surface area contributed by atoms with Crippen LogP contribution in [0.1, 0.15) is 12.5 Å². The first-order chi connectivity index (χ1) is 13.2. The van der Waals surface area contributed by atoms with Crippen LogP contribution in [0.4, 0.5) is 5.69 Å². The van der Waals surface area contributed by atoms with E-state index in [0.717, 1.165) is 5.56 Å². The van der Waals surface area contributed by atoms with Gasteiger partial charge in [-0.25, -0.2) is 16.8 Å². The van der Waals surface area contributed by atoms with Crippen molar-refractivity contribution < 1.29 is 21.6 Å². The Hall–Kier alpha value is -2.30. The Labute approximate surface area is 164 Å². The van der Waals surface area contributed by atoms with Crippen LogP contribution in [-0.4, -0.2) is 50.5 Å². The summed E-state index contributed by atoms with van der Waals surface area (Å²) in [7, 11) is -7.36. The van der Waals surface area contributed by atoms with Gasteiger partial charge in [-0.1, -0.05) is 6.07 Å². The molecule has 1 aromatic carbocycles. The lowest BCUT2D eigenvalue weighted by Gasteiger charge is -2.20. The molecular weight excluding hydrogens is 402 g/mol. The van der Waals surface area contributed by atoms with Gasteiger partial charge < -0.3 is 10.6 Å². The molecule has 0 unspecified atom stereocenters. The quantitative estimate of drug-likeness (QED) is 0.703. The standard InChI is InChI=1S/C18H21N3O5S2/c1-13(22)21-15-4-6-16(7-5-15)28(25,26)18-12-27(23,24)11-17(18)20-10-14-3-2-8-19-9-14/h2-9,17-18,20H,10-12H2,1H3,(H,21,22)/t17-,18-/m1/s1. The van der Waals surface area contributed by atoms with E-state index in [9.17, 15) is 21.6 Å². The van der Waals surface area contributed by atoms with E-state index in [1.807, 2.05) is 6.07 Å². The van der Waals surface area contributed by atoms with Gasteiger partial charge in [0.25, 0.3) is 0 Å². The molecule has 1 fully saturated rings. The van der Waals surface area contributed by atoms with Gasteiger partial charge in [-0.15, -0.1) is 0 Å². The van der Waals surface area contributed by atoms with Crippen molar-refractivity contribution in [3.05, 3.63) is 54.4 Å². The average Bonchev–Trinajstić information content (AvgIpc) is 2.96. The van der Waals surface area contributed by atoms with E-state index >= 15 is 0 Å². The largest absolute Gasteiger partial charge is 0.326 e. The summed E-state index contributed by atoms with van der Waals surface area (Å²) in [5.41, 5.74) is 1.30. The van der Waals surface area contributed by atoms with Crippen LogP contribution >= 0.6 is 0 Å². The lowest BCUT2D eigenvalue weighted by atomic mass is 10.2. The van der Waals surface area contributed by atoms with Gasteiger partial charge in [-0.2, -0.15) is 0 Å². The maximum Gasteiger partial charge on any atom is 0.221 e. The summed E-state index contributed by atoms with van der Waals surface area (Å²) in [5.74, 6) is -0.925.